The Morgan fingerprint density at radius 2 is 2.33 bits per heavy atom. The summed E-state index contributed by atoms with van der Waals surface area (Å²) in [4.78, 5) is 13.0. The van der Waals surface area contributed by atoms with E-state index in [-0.39, 0.29) is 24.0 Å². The lowest BCUT2D eigenvalue weighted by atomic mass is 10.0. The quantitative estimate of drug-likeness (QED) is 0.609. The Morgan fingerprint density at radius 3 is 2.78 bits per heavy atom. The lowest BCUT2D eigenvalue weighted by Crippen LogP contribution is -2.43. The van der Waals surface area contributed by atoms with Gasteiger partial charge in [0.05, 0.1) is 7.11 Å². The van der Waals surface area contributed by atoms with E-state index in [0.29, 0.717) is 0 Å². The van der Waals surface area contributed by atoms with Crippen molar-refractivity contribution in [3.8, 4) is 0 Å². The molecular weight excluding hydrogens is 246 g/mol. The summed E-state index contributed by atoms with van der Waals surface area (Å²) in [6, 6.07) is 3.91. The van der Waals surface area contributed by atoms with Gasteiger partial charge in [0.25, 0.3) is 0 Å². The predicted octanol–water partition coefficient (Wildman–Crippen LogP) is 3.15. The minimum Gasteiger partial charge on any atom is -0.468 e. The number of carbonyl (C=O) groups excluding carboxylic acids is 1. The van der Waals surface area contributed by atoms with Crippen molar-refractivity contribution in [1.29, 1.82) is 0 Å². The van der Waals surface area contributed by atoms with Crippen LogP contribution in [0.4, 0.5) is 0 Å². The Hall–Kier alpha value is -1.13. The normalized spacial score (nSPS) is 14.2. The third kappa shape index (κ3) is 3.96. The molecule has 1 rings (SSSR count). The molecular formula is C14H21NO2S. The largest absolute Gasteiger partial charge is 0.468 e. The monoisotopic (exact) mass is 267 g/mol. The van der Waals surface area contributed by atoms with Crippen molar-refractivity contribution in [1.82, 2.24) is 5.32 Å². The van der Waals surface area contributed by atoms with E-state index in [1.54, 1.807) is 11.3 Å². The molecule has 0 amide bonds. The van der Waals surface area contributed by atoms with E-state index >= 15 is 0 Å². The average Bonchev–Trinajstić information content (AvgIpc) is 2.86. The Labute approximate surface area is 113 Å². The minimum absolute atomic E-state index is 0.119. The van der Waals surface area contributed by atoms with Crippen LogP contribution in [-0.4, -0.2) is 19.1 Å². The molecule has 0 fully saturated rings. The van der Waals surface area contributed by atoms with E-state index in [2.05, 4.69) is 18.0 Å². The molecule has 0 saturated carbocycles. The predicted molar refractivity (Wildman–Crippen MR) is 75.7 cm³/mol. The highest BCUT2D eigenvalue weighted by Gasteiger charge is 2.26. The number of hydrogen-bond donors (Lipinski definition) is 1. The zero-order chi connectivity index (χ0) is 13.5. The average molecular weight is 267 g/mol. The van der Waals surface area contributed by atoms with E-state index in [9.17, 15) is 4.79 Å². The minimum atomic E-state index is -0.290. The van der Waals surface area contributed by atoms with Crippen molar-refractivity contribution in [3.05, 3.63) is 35.0 Å². The molecule has 0 unspecified atom stereocenters. The smallest absolute Gasteiger partial charge is 0.323 e. The second-order valence-corrected chi connectivity index (χ2v) is 5.48. The second kappa shape index (κ2) is 7.34. The van der Waals surface area contributed by atoms with Gasteiger partial charge in [-0.25, -0.2) is 0 Å². The molecule has 0 bridgehead atoms. The van der Waals surface area contributed by atoms with Crippen LogP contribution in [-0.2, 0) is 9.53 Å². The summed E-state index contributed by atoms with van der Waals surface area (Å²) < 4.78 is 4.85. The fourth-order valence-corrected chi connectivity index (χ4v) is 2.60. The van der Waals surface area contributed by atoms with Crippen LogP contribution in [0, 0.1) is 5.92 Å². The Kier molecular flexibility index (Phi) is 6.09. The van der Waals surface area contributed by atoms with Crippen LogP contribution in [0.3, 0.4) is 0 Å². The zero-order valence-electron chi connectivity index (χ0n) is 11.2. The summed E-state index contributed by atoms with van der Waals surface area (Å²) in [5, 5.41) is 5.41. The first kappa shape index (κ1) is 14.9. The van der Waals surface area contributed by atoms with Gasteiger partial charge in [-0.05, 0) is 23.8 Å². The van der Waals surface area contributed by atoms with Crippen molar-refractivity contribution in [3.63, 3.8) is 0 Å². The second-order valence-electron chi connectivity index (χ2n) is 4.50. The SMILES string of the molecule is C=CC[C@H](N[C@H](C(=O)OC)C(C)C)c1cccs1. The van der Waals surface area contributed by atoms with Crippen molar-refractivity contribution in [2.24, 2.45) is 5.92 Å². The number of hydrogen-bond acceptors (Lipinski definition) is 4. The molecule has 0 saturated heterocycles. The Bertz CT molecular complexity index is 373. The molecule has 0 spiro atoms. The van der Waals surface area contributed by atoms with Gasteiger partial charge in [0.2, 0.25) is 0 Å². The van der Waals surface area contributed by atoms with Gasteiger partial charge in [0, 0.05) is 10.9 Å². The summed E-state index contributed by atoms with van der Waals surface area (Å²) in [6.07, 6.45) is 2.66. The van der Waals surface area contributed by atoms with E-state index < -0.39 is 0 Å². The molecule has 2 atom stereocenters. The van der Waals surface area contributed by atoms with Crippen LogP contribution >= 0.6 is 11.3 Å². The lowest BCUT2D eigenvalue weighted by molar-refractivity contribution is -0.144. The van der Waals surface area contributed by atoms with Crippen molar-refractivity contribution >= 4 is 17.3 Å². The molecule has 0 aliphatic heterocycles. The standard InChI is InChI=1S/C14H21NO2S/c1-5-7-11(12-8-6-9-18-12)15-13(10(2)3)14(16)17-4/h5-6,8-11,13,15H,1,7H2,2-4H3/t11-,13-/m0/s1. The van der Waals surface area contributed by atoms with Gasteiger partial charge >= 0.3 is 5.97 Å². The summed E-state index contributed by atoms with van der Waals surface area (Å²) >= 11 is 1.68. The maximum Gasteiger partial charge on any atom is 0.323 e. The number of thiophene rings is 1. The van der Waals surface area contributed by atoms with Crippen LogP contribution < -0.4 is 5.32 Å². The highest BCUT2D eigenvalue weighted by molar-refractivity contribution is 7.10. The first-order valence-corrected chi connectivity index (χ1v) is 6.96. The van der Waals surface area contributed by atoms with E-state index in [1.807, 2.05) is 31.4 Å². The molecule has 1 aromatic rings. The van der Waals surface area contributed by atoms with E-state index in [0.717, 1.165) is 6.42 Å². The fourth-order valence-electron chi connectivity index (χ4n) is 1.80. The zero-order valence-corrected chi connectivity index (χ0v) is 12.0. The fraction of sp³-hybridized carbons (Fsp3) is 0.500. The summed E-state index contributed by atoms with van der Waals surface area (Å²) in [5.41, 5.74) is 0. The molecule has 0 aromatic carbocycles. The molecule has 0 aliphatic carbocycles. The highest BCUT2D eigenvalue weighted by atomic mass is 32.1. The first-order chi connectivity index (χ1) is 8.60. The van der Waals surface area contributed by atoms with Gasteiger partial charge in [-0.1, -0.05) is 26.0 Å². The molecule has 3 nitrogen and oxygen atoms in total. The molecule has 0 aliphatic rings. The number of carbonyl (C=O) groups is 1. The Balaban J connectivity index is 2.80. The van der Waals surface area contributed by atoms with Crippen molar-refractivity contribution in [2.75, 3.05) is 7.11 Å². The maximum absolute atomic E-state index is 11.8. The number of nitrogens with one attached hydrogen (secondary N) is 1. The first-order valence-electron chi connectivity index (χ1n) is 6.08. The van der Waals surface area contributed by atoms with Crippen LogP contribution in [0.2, 0.25) is 0 Å². The molecule has 1 N–H and O–H groups in total. The molecule has 0 radical (unpaired) electrons. The van der Waals surface area contributed by atoms with Crippen molar-refractivity contribution < 1.29 is 9.53 Å². The lowest BCUT2D eigenvalue weighted by Gasteiger charge is -2.25. The van der Waals surface area contributed by atoms with Gasteiger partial charge < -0.3 is 4.74 Å². The van der Waals surface area contributed by atoms with Gasteiger partial charge in [0.15, 0.2) is 0 Å². The molecule has 18 heavy (non-hydrogen) atoms. The topological polar surface area (TPSA) is 38.3 Å². The third-order valence-electron chi connectivity index (χ3n) is 2.79. The number of esters is 1. The van der Waals surface area contributed by atoms with Crippen LogP contribution in [0.5, 0.6) is 0 Å². The Morgan fingerprint density at radius 1 is 1.61 bits per heavy atom. The number of ether oxygens (including phenoxy) is 1. The van der Waals surface area contributed by atoms with Crippen molar-refractivity contribution in [2.45, 2.75) is 32.4 Å². The molecule has 100 valence electrons. The van der Waals surface area contributed by atoms with E-state index in [1.165, 1.54) is 12.0 Å². The third-order valence-corrected chi connectivity index (χ3v) is 3.78. The summed E-state index contributed by atoms with van der Waals surface area (Å²) in [7, 11) is 1.42. The number of methoxy groups -OCH3 is 1. The van der Waals surface area contributed by atoms with Crippen LogP contribution in [0.1, 0.15) is 31.2 Å². The maximum atomic E-state index is 11.8. The summed E-state index contributed by atoms with van der Waals surface area (Å²) in [5.74, 6) is -0.0275. The molecule has 1 aromatic heterocycles. The van der Waals surface area contributed by atoms with Gasteiger partial charge in [0.1, 0.15) is 6.04 Å². The van der Waals surface area contributed by atoms with Crippen LogP contribution in [0.25, 0.3) is 0 Å². The van der Waals surface area contributed by atoms with Gasteiger partial charge in [-0.2, -0.15) is 0 Å². The molecule has 1 heterocycles. The highest BCUT2D eigenvalue weighted by Crippen LogP contribution is 2.24. The van der Waals surface area contributed by atoms with Gasteiger partial charge in [-0.3, -0.25) is 10.1 Å². The van der Waals surface area contributed by atoms with E-state index in [4.69, 9.17) is 4.74 Å². The number of rotatable bonds is 7. The van der Waals surface area contributed by atoms with Gasteiger partial charge in [-0.15, -0.1) is 17.9 Å². The van der Waals surface area contributed by atoms with Crippen LogP contribution in [0.15, 0.2) is 30.2 Å². The molecule has 4 heteroatoms. The summed E-state index contributed by atoms with van der Waals surface area (Å²) in [6.45, 7) is 7.79.